The summed E-state index contributed by atoms with van der Waals surface area (Å²) < 4.78 is 1.64. The largest absolute Gasteiger partial charge is 0.331 e. The van der Waals surface area contributed by atoms with Crippen molar-refractivity contribution >= 4 is 11.6 Å². The third-order valence-electron chi connectivity index (χ3n) is 4.89. The molecule has 0 fully saturated rings. The van der Waals surface area contributed by atoms with Gasteiger partial charge in [-0.05, 0) is 53.1 Å². The number of carbonyl (C=O) groups excluding carboxylic acids is 1. The minimum Gasteiger partial charge on any atom is -0.331 e. The monoisotopic (exact) mass is 394 g/mol. The minimum atomic E-state index is -0.600. The average molecular weight is 394 g/mol. The van der Waals surface area contributed by atoms with Crippen molar-refractivity contribution in [2.75, 3.05) is 7.05 Å². The third-order valence-corrected chi connectivity index (χ3v) is 4.89. The number of hydrogen-bond donors (Lipinski definition) is 0. The number of amides is 1. The van der Waals surface area contributed by atoms with Crippen molar-refractivity contribution in [1.29, 1.82) is 0 Å². The van der Waals surface area contributed by atoms with Crippen molar-refractivity contribution in [3.8, 4) is 5.69 Å². The Hall–Kier alpha value is -3.62. The highest BCUT2D eigenvalue weighted by Crippen LogP contribution is 2.30. The van der Waals surface area contributed by atoms with Crippen LogP contribution in [0.3, 0.4) is 0 Å². The van der Waals surface area contributed by atoms with E-state index >= 15 is 0 Å². The molecule has 0 bridgehead atoms. The predicted molar refractivity (Wildman–Crippen MR) is 107 cm³/mol. The summed E-state index contributed by atoms with van der Waals surface area (Å²) in [5.74, 6) is 0.366. The van der Waals surface area contributed by atoms with Crippen LogP contribution < -0.4 is 0 Å². The van der Waals surface area contributed by atoms with Crippen LogP contribution in [0.4, 0.5) is 5.69 Å². The highest BCUT2D eigenvalue weighted by molar-refractivity contribution is 5.76. The Morgan fingerprint density at radius 1 is 1.17 bits per heavy atom. The molecular formula is C20H22N6O3. The molecule has 0 saturated carbocycles. The third kappa shape index (κ3) is 3.84. The first-order chi connectivity index (χ1) is 13.8. The minimum absolute atomic E-state index is 0.0219. The molecule has 0 aliphatic carbocycles. The van der Waals surface area contributed by atoms with Crippen LogP contribution in [0.15, 0.2) is 42.5 Å². The Bertz CT molecular complexity index is 1020. The molecule has 1 amide bonds. The van der Waals surface area contributed by atoms with Crippen LogP contribution >= 0.6 is 0 Å². The summed E-state index contributed by atoms with van der Waals surface area (Å²) in [6.07, 6.45) is 0.310. The van der Waals surface area contributed by atoms with E-state index in [9.17, 15) is 14.9 Å². The van der Waals surface area contributed by atoms with E-state index in [0.29, 0.717) is 17.8 Å². The van der Waals surface area contributed by atoms with Crippen molar-refractivity contribution in [2.45, 2.75) is 33.2 Å². The van der Waals surface area contributed by atoms with Gasteiger partial charge in [-0.15, -0.1) is 5.10 Å². The van der Waals surface area contributed by atoms with Crippen molar-refractivity contribution < 1.29 is 9.72 Å². The number of nitro groups is 1. The van der Waals surface area contributed by atoms with Crippen LogP contribution in [0, 0.1) is 24.0 Å². The first kappa shape index (κ1) is 20.1. The molecule has 0 aliphatic rings. The number of non-ortho nitro benzene ring substituents is 1. The number of nitro benzene ring substituents is 1. The van der Waals surface area contributed by atoms with Gasteiger partial charge in [0, 0.05) is 25.6 Å². The van der Waals surface area contributed by atoms with Crippen LogP contribution in [0.25, 0.3) is 5.69 Å². The number of rotatable bonds is 6. The van der Waals surface area contributed by atoms with Gasteiger partial charge in [0.05, 0.1) is 10.6 Å². The number of nitrogens with zero attached hydrogens (tertiary/aromatic N) is 6. The number of benzene rings is 2. The number of carbonyl (C=O) groups is 1. The SMILES string of the molecule is CCC(=O)N(C)C(c1ccc([N+](=O)[O-])cc1)c1nnnn1-c1c(C)cccc1C. The summed E-state index contributed by atoms with van der Waals surface area (Å²) >= 11 is 0. The van der Waals surface area contributed by atoms with Gasteiger partial charge in [-0.25, -0.2) is 0 Å². The molecule has 1 heterocycles. The molecule has 2 aromatic carbocycles. The Labute approximate surface area is 168 Å². The summed E-state index contributed by atoms with van der Waals surface area (Å²) in [6.45, 7) is 5.71. The van der Waals surface area contributed by atoms with Gasteiger partial charge < -0.3 is 4.90 Å². The van der Waals surface area contributed by atoms with Gasteiger partial charge in [-0.1, -0.05) is 25.1 Å². The molecule has 1 atom stereocenters. The predicted octanol–water partition coefficient (Wildman–Crippen LogP) is 3.15. The van der Waals surface area contributed by atoms with Crippen LogP contribution in [0.1, 0.15) is 41.9 Å². The van der Waals surface area contributed by atoms with E-state index < -0.39 is 11.0 Å². The first-order valence-corrected chi connectivity index (χ1v) is 9.20. The first-order valence-electron chi connectivity index (χ1n) is 9.20. The molecule has 9 nitrogen and oxygen atoms in total. The molecule has 150 valence electrons. The van der Waals surface area contributed by atoms with Gasteiger partial charge in [0.1, 0.15) is 6.04 Å². The van der Waals surface area contributed by atoms with Gasteiger partial charge in [-0.3, -0.25) is 14.9 Å². The number of tetrazole rings is 1. The van der Waals surface area contributed by atoms with E-state index in [1.54, 1.807) is 35.7 Å². The second-order valence-electron chi connectivity index (χ2n) is 6.80. The molecule has 9 heteroatoms. The Morgan fingerprint density at radius 3 is 2.34 bits per heavy atom. The average Bonchev–Trinajstić information content (AvgIpc) is 3.16. The maximum Gasteiger partial charge on any atom is 0.269 e. The molecule has 3 aromatic rings. The van der Waals surface area contributed by atoms with Crippen molar-refractivity contribution in [3.63, 3.8) is 0 Å². The van der Waals surface area contributed by atoms with E-state index in [-0.39, 0.29) is 11.6 Å². The molecule has 0 saturated heterocycles. The number of para-hydroxylation sites is 1. The number of aryl methyl sites for hydroxylation is 2. The zero-order valence-electron chi connectivity index (χ0n) is 16.7. The van der Waals surface area contributed by atoms with Gasteiger partial charge in [0.15, 0.2) is 5.82 Å². The number of hydrogen-bond acceptors (Lipinski definition) is 6. The zero-order chi connectivity index (χ0) is 21.1. The molecule has 0 aliphatic heterocycles. The summed E-state index contributed by atoms with van der Waals surface area (Å²) in [7, 11) is 1.68. The fourth-order valence-corrected chi connectivity index (χ4v) is 3.38. The fourth-order valence-electron chi connectivity index (χ4n) is 3.38. The summed E-state index contributed by atoms with van der Waals surface area (Å²) in [6, 6.07) is 11.4. The van der Waals surface area contributed by atoms with E-state index in [1.807, 2.05) is 32.0 Å². The quantitative estimate of drug-likeness (QED) is 0.469. The van der Waals surface area contributed by atoms with Crippen LogP contribution in [-0.4, -0.2) is 43.0 Å². The summed E-state index contributed by atoms with van der Waals surface area (Å²) in [4.78, 5) is 24.6. The second kappa shape index (κ2) is 8.17. The fraction of sp³-hybridized carbons (Fsp3) is 0.300. The topological polar surface area (TPSA) is 107 Å². The summed E-state index contributed by atoms with van der Waals surface area (Å²) in [5, 5.41) is 23.3. The zero-order valence-corrected chi connectivity index (χ0v) is 16.7. The summed E-state index contributed by atoms with van der Waals surface area (Å²) in [5.41, 5.74) is 3.49. The molecule has 3 rings (SSSR count). The van der Waals surface area contributed by atoms with E-state index in [4.69, 9.17) is 0 Å². The number of aromatic nitrogens is 4. The van der Waals surface area contributed by atoms with Crippen molar-refractivity contribution in [2.24, 2.45) is 0 Å². The maximum atomic E-state index is 12.5. The second-order valence-corrected chi connectivity index (χ2v) is 6.80. The molecule has 1 aromatic heterocycles. The standard InChI is InChI=1S/C20H22N6O3/c1-5-17(27)24(4)19(15-9-11-16(12-10-15)26(28)29)20-21-22-23-25(20)18-13(2)7-6-8-14(18)3/h6-12,19H,5H2,1-4H3. The van der Waals surface area contributed by atoms with E-state index in [2.05, 4.69) is 15.5 Å². The van der Waals surface area contributed by atoms with E-state index in [0.717, 1.165) is 16.8 Å². The Morgan fingerprint density at radius 2 is 1.79 bits per heavy atom. The molecule has 29 heavy (non-hydrogen) atoms. The van der Waals surface area contributed by atoms with Gasteiger partial charge in [0.25, 0.3) is 5.69 Å². The molecule has 1 unspecified atom stereocenters. The van der Waals surface area contributed by atoms with Crippen molar-refractivity contribution in [1.82, 2.24) is 25.1 Å². The normalized spacial score (nSPS) is 11.9. The van der Waals surface area contributed by atoms with Gasteiger partial charge in [0.2, 0.25) is 5.91 Å². The van der Waals surface area contributed by atoms with Crippen LogP contribution in [0.5, 0.6) is 0 Å². The van der Waals surface area contributed by atoms with E-state index in [1.165, 1.54) is 12.1 Å². The van der Waals surface area contributed by atoms with Crippen LogP contribution in [-0.2, 0) is 4.79 Å². The van der Waals surface area contributed by atoms with Crippen molar-refractivity contribution in [3.05, 3.63) is 75.1 Å². The van der Waals surface area contributed by atoms with Gasteiger partial charge >= 0.3 is 0 Å². The lowest BCUT2D eigenvalue weighted by Crippen LogP contribution is -2.33. The highest BCUT2D eigenvalue weighted by Gasteiger charge is 2.29. The Kier molecular flexibility index (Phi) is 5.67. The molecular weight excluding hydrogens is 372 g/mol. The van der Waals surface area contributed by atoms with Gasteiger partial charge in [-0.2, -0.15) is 4.68 Å². The lowest BCUT2D eigenvalue weighted by Gasteiger charge is -2.28. The smallest absolute Gasteiger partial charge is 0.269 e. The molecule has 0 spiro atoms. The highest BCUT2D eigenvalue weighted by atomic mass is 16.6. The lowest BCUT2D eigenvalue weighted by molar-refractivity contribution is -0.384. The van der Waals surface area contributed by atoms with Crippen LogP contribution in [0.2, 0.25) is 0 Å². The molecule has 0 radical (unpaired) electrons. The lowest BCUT2D eigenvalue weighted by atomic mass is 10.0. The maximum absolute atomic E-state index is 12.5. The Balaban J connectivity index is 2.17. The molecule has 0 N–H and O–H groups in total.